The molecule has 4 aromatic rings. The SMILES string of the molecule is Nc1ncnn2c(C3CCCCC3)nc(-c3ccc(Oc4ccccc4)cc3)c12. The molecular formula is C23H23N5O. The predicted molar refractivity (Wildman–Crippen MR) is 113 cm³/mol. The van der Waals surface area contributed by atoms with Crippen LogP contribution in [0.1, 0.15) is 43.8 Å². The standard InChI is InChI=1S/C23H23N5O/c24-22-21-20(16-11-13-19(14-12-16)29-18-9-5-2-6-10-18)27-23(28(21)26-15-25-22)17-7-3-1-4-8-17/h2,5-6,9-15,17H,1,3-4,7-8H2,(H2,24,25,26). The summed E-state index contributed by atoms with van der Waals surface area (Å²) in [6.45, 7) is 0. The molecule has 0 bridgehead atoms. The summed E-state index contributed by atoms with van der Waals surface area (Å²) in [5.74, 6) is 3.45. The number of nitrogens with zero attached hydrogens (tertiary/aromatic N) is 4. The van der Waals surface area contributed by atoms with Crippen LogP contribution in [0.5, 0.6) is 11.5 Å². The van der Waals surface area contributed by atoms with Gasteiger partial charge in [-0.2, -0.15) is 5.10 Å². The van der Waals surface area contributed by atoms with Crippen LogP contribution in [0.15, 0.2) is 60.9 Å². The van der Waals surface area contributed by atoms with Crippen LogP contribution >= 0.6 is 0 Å². The summed E-state index contributed by atoms with van der Waals surface area (Å²) in [5.41, 5.74) is 8.82. The number of ether oxygens (including phenoxy) is 1. The Bertz CT molecular complexity index is 1120. The number of imidazole rings is 1. The van der Waals surface area contributed by atoms with E-state index in [1.807, 2.05) is 59.1 Å². The lowest BCUT2D eigenvalue weighted by Crippen LogP contribution is -2.10. The van der Waals surface area contributed by atoms with E-state index in [1.165, 1.54) is 25.6 Å². The van der Waals surface area contributed by atoms with E-state index in [9.17, 15) is 0 Å². The van der Waals surface area contributed by atoms with E-state index in [0.29, 0.717) is 11.7 Å². The van der Waals surface area contributed by atoms with Crippen molar-refractivity contribution in [1.82, 2.24) is 19.6 Å². The van der Waals surface area contributed by atoms with E-state index in [-0.39, 0.29) is 0 Å². The van der Waals surface area contributed by atoms with Crippen LogP contribution in [0.3, 0.4) is 0 Å². The van der Waals surface area contributed by atoms with Crippen molar-refractivity contribution in [2.75, 3.05) is 5.73 Å². The highest BCUT2D eigenvalue weighted by Gasteiger charge is 2.24. The zero-order valence-corrected chi connectivity index (χ0v) is 16.2. The van der Waals surface area contributed by atoms with Crippen molar-refractivity contribution in [2.24, 2.45) is 0 Å². The van der Waals surface area contributed by atoms with Gasteiger partial charge in [0.2, 0.25) is 0 Å². The Morgan fingerprint density at radius 2 is 1.62 bits per heavy atom. The van der Waals surface area contributed by atoms with E-state index in [2.05, 4.69) is 10.1 Å². The number of hydrogen-bond donors (Lipinski definition) is 1. The number of nitrogens with two attached hydrogens (primary N) is 1. The molecule has 6 nitrogen and oxygen atoms in total. The molecule has 0 atom stereocenters. The van der Waals surface area contributed by atoms with Crippen molar-refractivity contribution in [1.29, 1.82) is 0 Å². The minimum absolute atomic E-state index is 0.417. The quantitative estimate of drug-likeness (QED) is 0.521. The second-order valence-electron chi connectivity index (χ2n) is 7.50. The maximum Gasteiger partial charge on any atom is 0.153 e. The van der Waals surface area contributed by atoms with Crippen LogP contribution in [-0.4, -0.2) is 19.6 Å². The zero-order valence-electron chi connectivity index (χ0n) is 16.2. The van der Waals surface area contributed by atoms with Crippen LogP contribution in [0.2, 0.25) is 0 Å². The molecule has 1 saturated carbocycles. The van der Waals surface area contributed by atoms with Gasteiger partial charge in [-0.25, -0.2) is 14.5 Å². The van der Waals surface area contributed by atoms with Crippen LogP contribution in [0, 0.1) is 0 Å². The average Bonchev–Trinajstić information content (AvgIpc) is 3.17. The summed E-state index contributed by atoms with van der Waals surface area (Å²) in [5, 5.41) is 4.48. The molecule has 1 fully saturated rings. The van der Waals surface area contributed by atoms with Gasteiger partial charge < -0.3 is 10.5 Å². The molecule has 0 spiro atoms. The Labute approximate surface area is 169 Å². The maximum atomic E-state index is 6.23. The highest BCUT2D eigenvalue weighted by molar-refractivity contribution is 5.85. The molecule has 0 radical (unpaired) electrons. The number of rotatable bonds is 4. The van der Waals surface area contributed by atoms with Crippen molar-refractivity contribution >= 4 is 11.3 Å². The Kier molecular flexibility index (Phi) is 4.60. The van der Waals surface area contributed by atoms with Crippen LogP contribution in [0.4, 0.5) is 5.82 Å². The molecule has 146 valence electrons. The molecule has 6 heteroatoms. The first-order valence-corrected chi connectivity index (χ1v) is 10.1. The van der Waals surface area contributed by atoms with E-state index >= 15 is 0 Å². The van der Waals surface area contributed by atoms with Gasteiger partial charge in [-0.1, -0.05) is 37.5 Å². The predicted octanol–water partition coefficient (Wildman–Crippen LogP) is 5.21. The van der Waals surface area contributed by atoms with Gasteiger partial charge >= 0.3 is 0 Å². The molecule has 2 heterocycles. The second-order valence-corrected chi connectivity index (χ2v) is 7.50. The summed E-state index contributed by atoms with van der Waals surface area (Å²) < 4.78 is 7.80. The molecule has 29 heavy (non-hydrogen) atoms. The van der Waals surface area contributed by atoms with Crippen LogP contribution in [0.25, 0.3) is 16.8 Å². The molecule has 0 unspecified atom stereocenters. The Balaban J connectivity index is 1.52. The van der Waals surface area contributed by atoms with Crippen molar-refractivity contribution in [2.45, 2.75) is 38.0 Å². The van der Waals surface area contributed by atoms with Gasteiger partial charge in [0.25, 0.3) is 0 Å². The number of nitrogen functional groups attached to an aromatic ring is 1. The first-order valence-electron chi connectivity index (χ1n) is 10.1. The van der Waals surface area contributed by atoms with Gasteiger partial charge in [-0.05, 0) is 49.2 Å². The number of para-hydroxylation sites is 1. The van der Waals surface area contributed by atoms with Gasteiger partial charge in [-0.3, -0.25) is 0 Å². The monoisotopic (exact) mass is 385 g/mol. The van der Waals surface area contributed by atoms with E-state index in [4.69, 9.17) is 15.5 Å². The lowest BCUT2D eigenvalue weighted by Gasteiger charge is -2.19. The number of anilines is 1. The second kappa shape index (κ2) is 7.54. The Morgan fingerprint density at radius 1 is 0.897 bits per heavy atom. The molecule has 2 aromatic carbocycles. The maximum absolute atomic E-state index is 6.23. The largest absolute Gasteiger partial charge is 0.457 e. The molecular weight excluding hydrogens is 362 g/mol. The molecule has 2 aromatic heterocycles. The first-order chi connectivity index (χ1) is 14.3. The summed E-state index contributed by atoms with van der Waals surface area (Å²) in [6, 6.07) is 17.7. The summed E-state index contributed by atoms with van der Waals surface area (Å²) in [4.78, 5) is 9.20. The fraction of sp³-hybridized carbons (Fsp3) is 0.261. The minimum Gasteiger partial charge on any atom is -0.457 e. The Morgan fingerprint density at radius 3 is 2.38 bits per heavy atom. The van der Waals surface area contributed by atoms with Gasteiger partial charge in [0.15, 0.2) is 5.82 Å². The highest BCUT2D eigenvalue weighted by Crippen LogP contribution is 2.36. The van der Waals surface area contributed by atoms with Gasteiger partial charge in [-0.15, -0.1) is 0 Å². The normalized spacial score (nSPS) is 14.9. The lowest BCUT2D eigenvalue weighted by molar-refractivity contribution is 0.424. The summed E-state index contributed by atoms with van der Waals surface area (Å²) in [6.07, 6.45) is 7.57. The molecule has 0 aliphatic heterocycles. The topological polar surface area (TPSA) is 78.3 Å². The van der Waals surface area contributed by atoms with Crippen molar-refractivity contribution in [3.63, 3.8) is 0 Å². The smallest absolute Gasteiger partial charge is 0.153 e. The number of aromatic nitrogens is 4. The third kappa shape index (κ3) is 3.42. The summed E-state index contributed by atoms with van der Waals surface area (Å²) >= 11 is 0. The number of benzene rings is 2. The Hall–Kier alpha value is -3.41. The van der Waals surface area contributed by atoms with Gasteiger partial charge in [0.1, 0.15) is 34.9 Å². The van der Waals surface area contributed by atoms with Crippen LogP contribution < -0.4 is 10.5 Å². The summed E-state index contributed by atoms with van der Waals surface area (Å²) in [7, 11) is 0. The number of hydrogen-bond acceptors (Lipinski definition) is 5. The van der Waals surface area contributed by atoms with E-state index < -0.39 is 0 Å². The van der Waals surface area contributed by atoms with E-state index in [0.717, 1.165) is 46.9 Å². The molecule has 1 aliphatic carbocycles. The third-order valence-electron chi connectivity index (χ3n) is 5.56. The molecule has 2 N–H and O–H groups in total. The molecule has 5 rings (SSSR count). The molecule has 0 saturated heterocycles. The third-order valence-corrected chi connectivity index (χ3v) is 5.56. The lowest BCUT2D eigenvalue weighted by atomic mass is 9.89. The minimum atomic E-state index is 0.417. The van der Waals surface area contributed by atoms with Crippen molar-refractivity contribution < 1.29 is 4.74 Å². The van der Waals surface area contributed by atoms with Crippen molar-refractivity contribution in [3.8, 4) is 22.8 Å². The fourth-order valence-electron chi connectivity index (χ4n) is 4.11. The van der Waals surface area contributed by atoms with Crippen molar-refractivity contribution in [3.05, 3.63) is 66.7 Å². The average molecular weight is 385 g/mol. The first kappa shape index (κ1) is 17.7. The van der Waals surface area contributed by atoms with Crippen LogP contribution in [-0.2, 0) is 0 Å². The van der Waals surface area contributed by atoms with Gasteiger partial charge in [0.05, 0.1) is 0 Å². The number of fused-ring (bicyclic) bond motifs is 1. The van der Waals surface area contributed by atoms with E-state index in [1.54, 1.807) is 0 Å². The van der Waals surface area contributed by atoms with Gasteiger partial charge in [0, 0.05) is 11.5 Å². The molecule has 0 amide bonds. The highest BCUT2D eigenvalue weighted by atomic mass is 16.5. The molecule has 1 aliphatic rings. The fourth-order valence-corrected chi connectivity index (χ4v) is 4.11. The zero-order chi connectivity index (χ0) is 19.6.